The van der Waals surface area contributed by atoms with E-state index in [-0.39, 0.29) is 29.6 Å². The predicted molar refractivity (Wildman–Crippen MR) is 99.8 cm³/mol. The molecule has 8 heteroatoms. The molecule has 150 valence electrons. The van der Waals surface area contributed by atoms with Crippen LogP contribution >= 0.6 is 0 Å². The van der Waals surface area contributed by atoms with Gasteiger partial charge in [-0.05, 0) is 12.8 Å². The highest BCUT2D eigenvalue weighted by molar-refractivity contribution is 5.88. The van der Waals surface area contributed by atoms with Crippen LogP contribution in [0.3, 0.4) is 0 Å². The van der Waals surface area contributed by atoms with E-state index in [1.54, 1.807) is 19.0 Å². The number of amides is 3. The van der Waals surface area contributed by atoms with Crippen LogP contribution in [-0.2, 0) is 14.4 Å². The van der Waals surface area contributed by atoms with Crippen molar-refractivity contribution >= 4 is 17.7 Å². The zero-order valence-electron chi connectivity index (χ0n) is 16.4. The first-order valence-electron chi connectivity index (χ1n) is 10.1. The van der Waals surface area contributed by atoms with Gasteiger partial charge >= 0.3 is 0 Å². The van der Waals surface area contributed by atoms with Gasteiger partial charge in [0.1, 0.15) is 0 Å². The predicted octanol–water partition coefficient (Wildman–Crippen LogP) is -1.32. The first kappa shape index (κ1) is 18.7. The van der Waals surface area contributed by atoms with Crippen LogP contribution < -0.4 is 5.32 Å². The molecule has 0 aromatic rings. The topological polar surface area (TPSA) is 76.2 Å². The third-order valence-electron chi connectivity index (χ3n) is 6.71. The van der Waals surface area contributed by atoms with Crippen molar-refractivity contribution in [3.05, 3.63) is 0 Å². The number of likely N-dealkylation sites (tertiary alicyclic amines) is 1. The SMILES string of the molecule is CN(C)C(=O)CN1CCN(C(=O)[C@@]23CNC[C@@H]2CN(C(=O)C2CC2)C3)CC1. The van der Waals surface area contributed by atoms with Crippen LogP contribution in [0.25, 0.3) is 0 Å². The summed E-state index contributed by atoms with van der Waals surface area (Å²) in [5.41, 5.74) is -0.452. The van der Waals surface area contributed by atoms with Crippen LogP contribution in [0, 0.1) is 17.3 Å². The molecule has 1 N–H and O–H groups in total. The molecule has 3 heterocycles. The van der Waals surface area contributed by atoms with Gasteiger partial charge in [0, 0.05) is 78.3 Å². The lowest BCUT2D eigenvalue weighted by atomic mass is 9.79. The van der Waals surface area contributed by atoms with Gasteiger partial charge in [-0.25, -0.2) is 0 Å². The van der Waals surface area contributed by atoms with Gasteiger partial charge in [0.05, 0.1) is 12.0 Å². The Hall–Kier alpha value is -1.67. The quantitative estimate of drug-likeness (QED) is 0.658. The van der Waals surface area contributed by atoms with Gasteiger partial charge in [0.25, 0.3) is 0 Å². The first-order valence-corrected chi connectivity index (χ1v) is 10.1. The Morgan fingerprint density at radius 3 is 2.41 bits per heavy atom. The highest BCUT2D eigenvalue weighted by Crippen LogP contribution is 2.43. The summed E-state index contributed by atoms with van der Waals surface area (Å²) in [6.07, 6.45) is 2.01. The Kier molecular flexibility index (Phi) is 4.88. The van der Waals surface area contributed by atoms with E-state index < -0.39 is 5.41 Å². The van der Waals surface area contributed by atoms with Crippen molar-refractivity contribution in [1.29, 1.82) is 0 Å². The molecule has 3 amide bonds. The van der Waals surface area contributed by atoms with E-state index in [0.717, 1.165) is 32.5 Å². The van der Waals surface area contributed by atoms with Gasteiger partial charge in [-0.2, -0.15) is 0 Å². The number of carbonyl (C=O) groups excluding carboxylic acids is 3. The number of nitrogens with one attached hydrogen (secondary N) is 1. The number of likely N-dealkylation sites (N-methyl/N-ethyl adjacent to an activating group) is 1. The summed E-state index contributed by atoms with van der Waals surface area (Å²) in [6.45, 7) is 5.95. The van der Waals surface area contributed by atoms with E-state index in [0.29, 0.717) is 39.3 Å². The van der Waals surface area contributed by atoms with Crippen molar-refractivity contribution in [1.82, 2.24) is 24.9 Å². The Morgan fingerprint density at radius 1 is 1.07 bits per heavy atom. The van der Waals surface area contributed by atoms with Crippen LogP contribution in [0.2, 0.25) is 0 Å². The van der Waals surface area contributed by atoms with Crippen molar-refractivity contribution in [3.8, 4) is 0 Å². The maximum atomic E-state index is 13.4. The number of rotatable bonds is 4. The summed E-state index contributed by atoms with van der Waals surface area (Å²) in [6, 6.07) is 0. The summed E-state index contributed by atoms with van der Waals surface area (Å²) in [5.74, 6) is 0.979. The smallest absolute Gasteiger partial charge is 0.236 e. The minimum atomic E-state index is -0.452. The lowest BCUT2D eigenvalue weighted by Gasteiger charge is -2.39. The van der Waals surface area contributed by atoms with E-state index in [4.69, 9.17) is 0 Å². The molecule has 0 unspecified atom stereocenters. The van der Waals surface area contributed by atoms with Gasteiger partial charge in [0.2, 0.25) is 17.7 Å². The van der Waals surface area contributed by atoms with E-state index in [9.17, 15) is 14.4 Å². The first-order chi connectivity index (χ1) is 12.9. The number of nitrogens with zero attached hydrogens (tertiary/aromatic N) is 4. The highest BCUT2D eigenvalue weighted by Gasteiger charge is 2.57. The lowest BCUT2D eigenvalue weighted by molar-refractivity contribution is -0.144. The zero-order valence-corrected chi connectivity index (χ0v) is 16.4. The molecule has 3 aliphatic heterocycles. The summed E-state index contributed by atoms with van der Waals surface area (Å²) >= 11 is 0. The Morgan fingerprint density at radius 2 is 1.78 bits per heavy atom. The Labute approximate surface area is 160 Å². The zero-order chi connectivity index (χ0) is 19.2. The van der Waals surface area contributed by atoms with Gasteiger partial charge < -0.3 is 20.0 Å². The standard InChI is InChI=1S/C19H31N5O3/c1-21(2)16(25)11-22-5-7-23(8-6-22)18(27)19-12-20-9-15(19)10-24(13-19)17(26)14-3-4-14/h14-15,20H,3-13H2,1-2H3/t15-,19-/m1/s1. The van der Waals surface area contributed by atoms with Gasteiger partial charge in [-0.15, -0.1) is 0 Å². The molecule has 4 rings (SSSR count). The minimum absolute atomic E-state index is 0.0958. The van der Waals surface area contributed by atoms with Gasteiger partial charge in [0.15, 0.2) is 0 Å². The molecular weight excluding hydrogens is 346 g/mol. The third kappa shape index (κ3) is 3.45. The Bertz CT molecular complexity index is 627. The molecule has 27 heavy (non-hydrogen) atoms. The summed E-state index contributed by atoms with van der Waals surface area (Å²) < 4.78 is 0. The Balaban J connectivity index is 1.37. The lowest BCUT2D eigenvalue weighted by Crippen LogP contribution is -2.56. The van der Waals surface area contributed by atoms with Gasteiger partial charge in [-0.3, -0.25) is 19.3 Å². The fourth-order valence-corrected chi connectivity index (χ4v) is 4.74. The molecule has 1 aliphatic carbocycles. The largest absolute Gasteiger partial charge is 0.348 e. The number of hydrogen-bond acceptors (Lipinski definition) is 5. The molecule has 1 saturated carbocycles. The van der Waals surface area contributed by atoms with Crippen molar-refractivity contribution < 1.29 is 14.4 Å². The van der Waals surface area contributed by atoms with Gasteiger partial charge in [-0.1, -0.05) is 0 Å². The van der Waals surface area contributed by atoms with E-state index in [1.807, 2.05) is 9.80 Å². The summed E-state index contributed by atoms with van der Waals surface area (Å²) in [5, 5.41) is 3.39. The normalized spacial score (nSPS) is 31.1. The highest BCUT2D eigenvalue weighted by atomic mass is 16.2. The number of piperazine rings is 1. The molecule has 0 aromatic carbocycles. The molecule has 2 atom stereocenters. The molecular formula is C19H31N5O3. The number of carbonyl (C=O) groups is 3. The van der Waals surface area contributed by atoms with Crippen LogP contribution in [0.1, 0.15) is 12.8 Å². The molecule has 0 spiro atoms. The molecule has 4 fully saturated rings. The van der Waals surface area contributed by atoms with Crippen LogP contribution in [0.5, 0.6) is 0 Å². The minimum Gasteiger partial charge on any atom is -0.348 e. The van der Waals surface area contributed by atoms with Crippen molar-refractivity contribution in [2.75, 3.05) is 73.0 Å². The molecule has 0 aromatic heterocycles. The summed E-state index contributed by atoms with van der Waals surface area (Å²) in [7, 11) is 3.53. The van der Waals surface area contributed by atoms with Crippen molar-refractivity contribution in [2.24, 2.45) is 17.3 Å². The number of fused-ring (bicyclic) bond motifs is 1. The monoisotopic (exact) mass is 377 g/mol. The maximum absolute atomic E-state index is 13.4. The van der Waals surface area contributed by atoms with Crippen molar-refractivity contribution in [3.63, 3.8) is 0 Å². The van der Waals surface area contributed by atoms with E-state index in [2.05, 4.69) is 10.2 Å². The van der Waals surface area contributed by atoms with E-state index >= 15 is 0 Å². The fourth-order valence-electron chi connectivity index (χ4n) is 4.74. The molecule has 0 radical (unpaired) electrons. The second kappa shape index (κ2) is 7.05. The van der Waals surface area contributed by atoms with Crippen molar-refractivity contribution in [2.45, 2.75) is 12.8 Å². The fraction of sp³-hybridized carbons (Fsp3) is 0.842. The average molecular weight is 377 g/mol. The maximum Gasteiger partial charge on any atom is 0.236 e. The van der Waals surface area contributed by atoms with Crippen LogP contribution in [0.15, 0.2) is 0 Å². The molecule has 3 saturated heterocycles. The second-order valence-electron chi connectivity index (χ2n) is 8.83. The third-order valence-corrected chi connectivity index (χ3v) is 6.71. The van der Waals surface area contributed by atoms with Crippen LogP contribution in [0.4, 0.5) is 0 Å². The number of hydrogen-bond donors (Lipinski definition) is 1. The van der Waals surface area contributed by atoms with Crippen LogP contribution in [-0.4, -0.2) is 110 Å². The second-order valence-corrected chi connectivity index (χ2v) is 8.83. The summed E-state index contributed by atoms with van der Waals surface area (Å²) in [4.78, 5) is 45.5. The molecule has 4 aliphatic rings. The average Bonchev–Trinajstić information content (AvgIpc) is 3.32. The molecule has 0 bridgehead atoms. The van der Waals surface area contributed by atoms with E-state index in [1.165, 1.54) is 0 Å². The molecule has 8 nitrogen and oxygen atoms in total.